The SMILES string of the molecule is C=CCn1c(=O)c2ccccc2n2c(SC[C@@H](O)COc3ccc4ccccc4c3)nnc12. The minimum atomic E-state index is -0.709. The number of ether oxygens (including phenoxy) is 1. The molecule has 2 aromatic heterocycles. The first-order valence-corrected chi connectivity index (χ1v) is 11.5. The second-order valence-corrected chi connectivity index (χ2v) is 8.61. The van der Waals surface area contributed by atoms with Gasteiger partial charge in [-0.15, -0.1) is 16.8 Å². The Bertz CT molecular complexity index is 1530. The zero-order valence-corrected chi connectivity index (χ0v) is 18.6. The number of aliphatic hydroxyl groups excluding tert-OH is 1. The quantitative estimate of drug-likeness (QED) is 0.280. The molecule has 0 aliphatic rings. The number of hydrogen-bond acceptors (Lipinski definition) is 6. The molecule has 0 amide bonds. The van der Waals surface area contributed by atoms with E-state index >= 15 is 0 Å². The van der Waals surface area contributed by atoms with Crippen LogP contribution < -0.4 is 10.3 Å². The summed E-state index contributed by atoms with van der Waals surface area (Å²) in [5.41, 5.74) is 0.595. The predicted octanol–water partition coefficient (Wildman–Crippen LogP) is 3.92. The summed E-state index contributed by atoms with van der Waals surface area (Å²) in [5, 5.41) is 22.5. The predicted molar refractivity (Wildman–Crippen MR) is 131 cm³/mol. The van der Waals surface area contributed by atoms with Crippen molar-refractivity contribution in [2.75, 3.05) is 12.4 Å². The maximum absolute atomic E-state index is 12.9. The number of para-hydroxylation sites is 1. The third kappa shape index (κ3) is 4.10. The average Bonchev–Trinajstić information content (AvgIpc) is 3.28. The fourth-order valence-corrected chi connectivity index (χ4v) is 4.63. The fourth-order valence-electron chi connectivity index (χ4n) is 3.79. The molecule has 0 fully saturated rings. The smallest absolute Gasteiger partial charge is 0.263 e. The van der Waals surface area contributed by atoms with Crippen LogP contribution in [0.3, 0.4) is 0 Å². The molecule has 0 saturated carbocycles. The van der Waals surface area contributed by atoms with Crippen LogP contribution in [0, 0.1) is 0 Å². The molecule has 0 aliphatic carbocycles. The Hall–Kier alpha value is -3.62. The number of allylic oxidation sites excluding steroid dienone is 1. The summed E-state index contributed by atoms with van der Waals surface area (Å²) in [6.45, 7) is 4.23. The van der Waals surface area contributed by atoms with Gasteiger partial charge in [0, 0.05) is 12.3 Å². The number of benzene rings is 3. The Morgan fingerprint density at radius 1 is 1.06 bits per heavy atom. The molecule has 1 atom stereocenters. The molecule has 5 rings (SSSR count). The van der Waals surface area contributed by atoms with Crippen molar-refractivity contribution < 1.29 is 9.84 Å². The molecule has 1 N–H and O–H groups in total. The van der Waals surface area contributed by atoms with Crippen LogP contribution in [0.4, 0.5) is 0 Å². The summed E-state index contributed by atoms with van der Waals surface area (Å²) in [4.78, 5) is 12.9. The molecule has 2 heterocycles. The highest BCUT2D eigenvalue weighted by atomic mass is 32.2. The molecule has 0 saturated heterocycles. The molecule has 0 aliphatic heterocycles. The van der Waals surface area contributed by atoms with E-state index in [9.17, 15) is 9.90 Å². The number of rotatable bonds is 8. The van der Waals surface area contributed by atoms with Gasteiger partial charge in [0.05, 0.1) is 17.0 Å². The first kappa shape index (κ1) is 21.2. The van der Waals surface area contributed by atoms with Crippen LogP contribution in [-0.2, 0) is 6.54 Å². The number of fused-ring (bicyclic) bond motifs is 4. The largest absolute Gasteiger partial charge is 0.491 e. The summed E-state index contributed by atoms with van der Waals surface area (Å²) in [6, 6.07) is 21.3. The third-order valence-electron chi connectivity index (χ3n) is 5.36. The van der Waals surface area contributed by atoms with Crippen molar-refractivity contribution in [2.45, 2.75) is 17.8 Å². The summed E-state index contributed by atoms with van der Waals surface area (Å²) in [6.07, 6.45) is 0.949. The van der Waals surface area contributed by atoms with E-state index in [0.717, 1.165) is 16.3 Å². The van der Waals surface area contributed by atoms with Gasteiger partial charge in [0.25, 0.3) is 5.56 Å². The van der Waals surface area contributed by atoms with Crippen molar-refractivity contribution in [3.63, 3.8) is 0 Å². The van der Waals surface area contributed by atoms with Gasteiger partial charge in [-0.1, -0.05) is 60.3 Å². The lowest BCUT2D eigenvalue weighted by atomic mass is 10.1. The van der Waals surface area contributed by atoms with E-state index in [1.807, 2.05) is 65.1 Å². The van der Waals surface area contributed by atoms with Crippen LogP contribution in [0.5, 0.6) is 5.75 Å². The summed E-state index contributed by atoms with van der Waals surface area (Å²) in [7, 11) is 0. The monoisotopic (exact) mass is 458 g/mol. The molecular formula is C25H22N4O3S. The molecule has 166 valence electrons. The Morgan fingerprint density at radius 2 is 1.85 bits per heavy atom. The van der Waals surface area contributed by atoms with E-state index < -0.39 is 6.10 Å². The molecule has 0 spiro atoms. The highest BCUT2D eigenvalue weighted by Gasteiger charge is 2.17. The lowest BCUT2D eigenvalue weighted by Gasteiger charge is -2.13. The van der Waals surface area contributed by atoms with Gasteiger partial charge in [0.2, 0.25) is 5.78 Å². The van der Waals surface area contributed by atoms with Crippen molar-refractivity contribution in [2.24, 2.45) is 0 Å². The summed E-state index contributed by atoms with van der Waals surface area (Å²) < 4.78 is 9.20. The van der Waals surface area contributed by atoms with Crippen molar-refractivity contribution in [3.8, 4) is 5.75 Å². The van der Waals surface area contributed by atoms with Crippen LogP contribution >= 0.6 is 11.8 Å². The highest BCUT2D eigenvalue weighted by molar-refractivity contribution is 7.99. The summed E-state index contributed by atoms with van der Waals surface area (Å²) in [5.74, 6) is 1.52. The Labute approximate surface area is 193 Å². The van der Waals surface area contributed by atoms with E-state index in [4.69, 9.17) is 4.74 Å². The van der Waals surface area contributed by atoms with Crippen LogP contribution in [0.25, 0.3) is 27.5 Å². The van der Waals surface area contributed by atoms with E-state index in [1.165, 1.54) is 11.8 Å². The first-order valence-electron chi connectivity index (χ1n) is 10.6. The maximum Gasteiger partial charge on any atom is 0.263 e. The van der Waals surface area contributed by atoms with Gasteiger partial charge in [-0.25, -0.2) is 0 Å². The minimum absolute atomic E-state index is 0.134. The molecular weight excluding hydrogens is 436 g/mol. The van der Waals surface area contributed by atoms with Crippen molar-refractivity contribution >= 4 is 39.2 Å². The number of thioether (sulfide) groups is 1. The van der Waals surface area contributed by atoms with Crippen LogP contribution in [0.15, 0.2) is 89.3 Å². The number of hydrogen-bond donors (Lipinski definition) is 1. The van der Waals surface area contributed by atoms with Gasteiger partial charge >= 0.3 is 0 Å². The molecule has 3 aromatic carbocycles. The molecule has 0 bridgehead atoms. The van der Waals surface area contributed by atoms with Crippen LogP contribution in [0.1, 0.15) is 0 Å². The van der Waals surface area contributed by atoms with Gasteiger partial charge < -0.3 is 9.84 Å². The van der Waals surface area contributed by atoms with Gasteiger partial charge in [0.15, 0.2) is 5.16 Å². The van der Waals surface area contributed by atoms with Crippen molar-refractivity contribution in [3.05, 3.63) is 89.7 Å². The highest BCUT2D eigenvalue weighted by Crippen LogP contribution is 2.23. The Balaban J connectivity index is 1.34. The first-order chi connectivity index (χ1) is 16.2. The van der Waals surface area contributed by atoms with E-state index in [-0.39, 0.29) is 12.2 Å². The minimum Gasteiger partial charge on any atom is -0.491 e. The maximum atomic E-state index is 12.9. The van der Waals surface area contributed by atoms with Crippen molar-refractivity contribution in [1.29, 1.82) is 0 Å². The standard InChI is InChI=1S/C25H22N4O3S/c1-2-13-28-23(31)21-9-5-6-10-22(21)29-24(28)26-27-25(29)33-16-19(30)15-32-20-12-11-17-7-3-4-8-18(17)14-20/h2-12,14,19,30H,1,13,15-16H2/t19-/m0/s1. The summed E-state index contributed by atoms with van der Waals surface area (Å²) >= 11 is 1.37. The van der Waals surface area contributed by atoms with Gasteiger partial charge in [-0.3, -0.25) is 13.8 Å². The number of aliphatic hydroxyl groups is 1. The van der Waals surface area contributed by atoms with Crippen LogP contribution in [0.2, 0.25) is 0 Å². The molecule has 0 unspecified atom stereocenters. The third-order valence-corrected chi connectivity index (χ3v) is 6.43. The van der Waals surface area contributed by atoms with E-state index in [2.05, 4.69) is 16.8 Å². The Morgan fingerprint density at radius 3 is 2.70 bits per heavy atom. The molecule has 33 heavy (non-hydrogen) atoms. The zero-order chi connectivity index (χ0) is 22.8. The second-order valence-electron chi connectivity index (χ2n) is 7.62. The van der Waals surface area contributed by atoms with E-state index in [0.29, 0.717) is 34.4 Å². The van der Waals surface area contributed by atoms with Gasteiger partial charge in [0.1, 0.15) is 12.4 Å². The molecule has 7 nitrogen and oxygen atoms in total. The fraction of sp³-hybridized carbons (Fsp3) is 0.160. The molecule has 8 heteroatoms. The molecule has 5 aromatic rings. The average molecular weight is 459 g/mol. The van der Waals surface area contributed by atoms with Gasteiger partial charge in [-0.2, -0.15) is 0 Å². The Kier molecular flexibility index (Phi) is 5.85. The number of nitrogens with zero attached hydrogens (tertiary/aromatic N) is 4. The lowest BCUT2D eigenvalue weighted by molar-refractivity contribution is 0.126. The lowest BCUT2D eigenvalue weighted by Crippen LogP contribution is -2.23. The normalized spacial score (nSPS) is 12.4. The zero-order valence-electron chi connectivity index (χ0n) is 17.8. The topological polar surface area (TPSA) is 81.7 Å². The molecule has 0 radical (unpaired) electrons. The van der Waals surface area contributed by atoms with Crippen molar-refractivity contribution in [1.82, 2.24) is 19.2 Å². The van der Waals surface area contributed by atoms with E-state index in [1.54, 1.807) is 16.7 Å². The van der Waals surface area contributed by atoms with Crippen LogP contribution in [-0.4, -0.2) is 42.7 Å². The second kappa shape index (κ2) is 9.09. The number of aromatic nitrogens is 4. The van der Waals surface area contributed by atoms with Gasteiger partial charge in [-0.05, 0) is 35.0 Å².